The molecule has 0 heterocycles. The molecule has 0 aliphatic rings. The first-order valence-electron chi connectivity index (χ1n) is 6.06. The first-order valence-corrected chi connectivity index (χ1v) is 6.06. The van der Waals surface area contributed by atoms with Crippen LogP contribution in [0.2, 0.25) is 0 Å². The summed E-state index contributed by atoms with van der Waals surface area (Å²) in [7, 11) is 0. The van der Waals surface area contributed by atoms with Gasteiger partial charge in [0.1, 0.15) is 0 Å². The Morgan fingerprint density at radius 1 is 1.41 bits per heavy atom. The van der Waals surface area contributed by atoms with Crippen LogP contribution in [0.4, 0.5) is 0 Å². The third kappa shape index (κ3) is 6.98. The molecule has 0 amide bonds. The number of carbonyl (C=O) groups is 1. The van der Waals surface area contributed by atoms with E-state index < -0.39 is 11.4 Å². The van der Waals surface area contributed by atoms with E-state index >= 15 is 0 Å². The van der Waals surface area contributed by atoms with Crippen molar-refractivity contribution < 1.29 is 15.0 Å². The summed E-state index contributed by atoms with van der Waals surface area (Å²) in [5, 5.41) is 18.6. The zero-order chi connectivity index (χ0) is 13.5. The van der Waals surface area contributed by atoms with Crippen molar-refractivity contribution in [3.8, 4) is 0 Å². The summed E-state index contributed by atoms with van der Waals surface area (Å²) < 4.78 is 0. The van der Waals surface area contributed by atoms with Crippen LogP contribution < -0.4 is 0 Å². The molecule has 0 rings (SSSR count). The molecule has 0 bridgehead atoms. The van der Waals surface area contributed by atoms with Gasteiger partial charge in [0.25, 0.3) is 0 Å². The van der Waals surface area contributed by atoms with Crippen molar-refractivity contribution in [3.05, 3.63) is 17.9 Å². The highest BCUT2D eigenvalue weighted by Crippen LogP contribution is 2.24. The molecule has 98 valence electrons. The molecule has 0 spiro atoms. The highest BCUT2D eigenvalue weighted by atomic mass is 16.4. The SMILES string of the molecule is C=C=C(C)C[C@@H](O)CCCCC(C)(C)C(=O)O. The molecule has 0 fully saturated rings. The Bertz CT molecular complexity index is 299. The number of hydrogen-bond acceptors (Lipinski definition) is 2. The van der Waals surface area contributed by atoms with E-state index in [0.29, 0.717) is 19.3 Å². The van der Waals surface area contributed by atoms with Gasteiger partial charge in [-0.25, -0.2) is 0 Å². The number of hydrogen-bond donors (Lipinski definition) is 2. The Labute approximate surface area is 104 Å². The van der Waals surface area contributed by atoms with Gasteiger partial charge >= 0.3 is 5.97 Å². The lowest BCUT2D eigenvalue weighted by molar-refractivity contribution is -0.147. The monoisotopic (exact) mass is 240 g/mol. The fourth-order valence-electron chi connectivity index (χ4n) is 1.58. The summed E-state index contributed by atoms with van der Waals surface area (Å²) >= 11 is 0. The van der Waals surface area contributed by atoms with Crippen LogP contribution in [0, 0.1) is 5.41 Å². The normalized spacial score (nSPS) is 12.9. The van der Waals surface area contributed by atoms with Crippen molar-refractivity contribution in [1.82, 2.24) is 0 Å². The molecular weight excluding hydrogens is 216 g/mol. The molecule has 0 aromatic heterocycles. The molecule has 3 heteroatoms. The molecule has 0 saturated carbocycles. The van der Waals surface area contributed by atoms with Crippen LogP contribution >= 0.6 is 0 Å². The summed E-state index contributed by atoms with van der Waals surface area (Å²) in [6.45, 7) is 8.88. The van der Waals surface area contributed by atoms with Gasteiger partial charge in [-0.05, 0) is 39.2 Å². The Balaban J connectivity index is 3.79. The fourth-order valence-corrected chi connectivity index (χ4v) is 1.58. The fraction of sp³-hybridized carbons (Fsp3) is 0.714. The molecule has 2 N–H and O–H groups in total. The van der Waals surface area contributed by atoms with E-state index in [9.17, 15) is 9.90 Å². The molecule has 1 atom stereocenters. The van der Waals surface area contributed by atoms with Crippen LogP contribution in [0.15, 0.2) is 17.9 Å². The molecule has 0 aromatic rings. The minimum Gasteiger partial charge on any atom is -0.481 e. The van der Waals surface area contributed by atoms with E-state index in [1.165, 1.54) is 0 Å². The molecule has 0 aromatic carbocycles. The maximum absolute atomic E-state index is 10.9. The topological polar surface area (TPSA) is 57.5 Å². The average molecular weight is 240 g/mol. The van der Waals surface area contributed by atoms with Crippen molar-refractivity contribution in [2.45, 2.75) is 59.0 Å². The van der Waals surface area contributed by atoms with E-state index in [4.69, 9.17) is 5.11 Å². The first kappa shape index (κ1) is 16.0. The molecule has 0 aliphatic carbocycles. The largest absolute Gasteiger partial charge is 0.481 e. The highest BCUT2D eigenvalue weighted by Gasteiger charge is 2.26. The number of carboxylic acids is 1. The molecule has 0 radical (unpaired) electrons. The Morgan fingerprint density at radius 2 is 2.00 bits per heavy atom. The van der Waals surface area contributed by atoms with Gasteiger partial charge < -0.3 is 10.2 Å². The summed E-state index contributed by atoms with van der Waals surface area (Å²) in [4.78, 5) is 10.9. The molecule has 0 aliphatic heterocycles. The van der Waals surface area contributed by atoms with Crippen molar-refractivity contribution in [2.75, 3.05) is 0 Å². The maximum Gasteiger partial charge on any atom is 0.309 e. The lowest BCUT2D eigenvalue weighted by Gasteiger charge is -2.19. The van der Waals surface area contributed by atoms with E-state index in [0.717, 1.165) is 18.4 Å². The van der Waals surface area contributed by atoms with Gasteiger partial charge in [0, 0.05) is 6.42 Å². The van der Waals surface area contributed by atoms with E-state index in [2.05, 4.69) is 12.3 Å². The van der Waals surface area contributed by atoms with Crippen molar-refractivity contribution >= 4 is 5.97 Å². The second-order valence-corrected chi connectivity index (χ2v) is 5.25. The summed E-state index contributed by atoms with van der Waals surface area (Å²) in [6, 6.07) is 0. The van der Waals surface area contributed by atoms with Crippen molar-refractivity contribution in [3.63, 3.8) is 0 Å². The van der Waals surface area contributed by atoms with Crippen LogP contribution in [0.1, 0.15) is 52.9 Å². The van der Waals surface area contributed by atoms with Gasteiger partial charge in [-0.1, -0.05) is 19.4 Å². The van der Waals surface area contributed by atoms with Crippen LogP contribution in [0.25, 0.3) is 0 Å². The van der Waals surface area contributed by atoms with Gasteiger partial charge in [-0.3, -0.25) is 4.79 Å². The number of carboxylic acid groups (broad SMARTS) is 1. The number of unbranched alkanes of at least 4 members (excludes halogenated alkanes) is 1. The van der Waals surface area contributed by atoms with Crippen LogP contribution in [-0.4, -0.2) is 22.3 Å². The predicted molar refractivity (Wildman–Crippen MR) is 68.8 cm³/mol. The van der Waals surface area contributed by atoms with E-state index in [-0.39, 0.29) is 6.10 Å². The molecule has 0 saturated heterocycles. The van der Waals surface area contributed by atoms with Gasteiger partial charge in [0.05, 0.1) is 11.5 Å². The van der Waals surface area contributed by atoms with Crippen LogP contribution in [0.3, 0.4) is 0 Å². The second kappa shape index (κ2) is 7.31. The van der Waals surface area contributed by atoms with E-state index in [1.807, 2.05) is 6.92 Å². The molecule has 0 unspecified atom stereocenters. The molecular formula is C14H24O3. The highest BCUT2D eigenvalue weighted by molar-refractivity contribution is 5.73. The van der Waals surface area contributed by atoms with Gasteiger partial charge in [0.15, 0.2) is 0 Å². The van der Waals surface area contributed by atoms with Crippen molar-refractivity contribution in [1.29, 1.82) is 0 Å². The van der Waals surface area contributed by atoms with E-state index in [1.54, 1.807) is 13.8 Å². The van der Waals surface area contributed by atoms with Gasteiger partial charge in [0.2, 0.25) is 0 Å². The Kier molecular flexibility index (Phi) is 6.86. The van der Waals surface area contributed by atoms with Crippen LogP contribution in [0.5, 0.6) is 0 Å². The Hall–Kier alpha value is -1.05. The smallest absolute Gasteiger partial charge is 0.309 e. The number of aliphatic carboxylic acids is 1. The molecule has 3 nitrogen and oxygen atoms in total. The van der Waals surface area contributed by atoms with Gasteiger partial charge in [-0.2, -0.15) is 0 Å². The summed E-state index contributed by atoms with van der Waals surface area (Å²) in [6.07, 6.45) is 3.26. The average Bonchev–Trinajstić information content (AvgIpc) is 2.24. The maximum atomic E-state index is 10.9. The number of aliphatic hydroxyl groups is 1. The van der Waals surface area contributed by atoms with Crippen molar-refractivity contribution in [2.24, 2.45) is 5.41 Å². The predicted octanol–water partition coefficient (Wildman–Crippen LogP) is 3.14. The number of rotatable bonds is 8. The standard InChI is InChI=1S/C14H24O3/c1-5-11(2)10-12(15)8-6-7-9-14(3,4)13(16)17/h12,15H,1,6-10H2,2-4H3,(H,16,17)/t12-/m0/s1. The quantitative estimate of drug-likeness (QED) is 0.506. The lowest BCUT2D eigenvalue weighted by atomic mass is 9.87. The Morgan fingerprint density at radius 3 is 2.47 bits per heavy atom. The third-order valence-corrected chi connectivity index (χ3v) is 3.01. The van der Waals surface area contributed by atoms with Gasteiger partial charge in [-0.15, -0.1) is 5.73 Å². The first-order chi connectivity index (χ1) is 7.79. The minimum atomic E-state index is -0.761. The summed E-state index contributed by atoms with van der Waals surface area (Å²) in [5.41, 5.74) is 3.05. The minimum absolute atomic E-state index is 0.364. The molecule has 17 heavy (non-hydrogen) atoms. The zero-order valence-electron chi connectivity index (χ0n) is 11.1. The third-order valence-electron chi connectivity index (χ3n) is 3.01. The summed E-state index contributed by atoms with van der Waals surface area (Å²) in [5.74, 6) is -0.761. The zero-order valence-corrected chi connectivity index (χ0v) is 11.1. The number of aliphatic hydroxyl groups excluding tert-OH is 1. The lowest BCUT2D eigenvalue weighted by Crippen LogP contribution is -2.23. The second-order valence-electron chi connectivity index (χ2n) is 5.25. The van der Waals surface area contributed by atoms with Crippen LogP contribution in [-0.2, 0) is 4.79 Å².